The normalized spacial score (nSPS) is 24.7. The van der Waals surface area contributed by atoms with Crippen molar-refractivity contribution in [3.05, 3.63) is 44.8 Å². The van der Waals surface area contributed by atoms with Crippen LogP contribution in [-0.4, -0.2) is 39.0 Å². The standard InChI is InChI=1S/C24H30BrCl2NO5SSi/c1-23(2,3)35(4,5)21-13-24(33-21)11-15(12-24)28-34(30,31)20-10-16(6-7-19(20)29)32-22-17(26)8-14(25)9-18(22)27/h6-10,15,21,28-29H,11-13H2,1-5H3. The van der Waals surface area contributed by atoms with E-state index in [1.54, 1.807) is 12.1 Å². The van der Waals surface area contributed by atoms with Crippen molar-refractivity contribution in [3.63, 3.8) is 0 Å². The summed E-state index contributed by atoms with van der Waals surface area (Å²) in [6, 6.07) is 6.96. The van der Waals surface area contributed by atoms with Crippen LogP contribution >= 0.6 is 39.1 Å². The first-order chi connectivity index (χ1) is 16.0. The molecule has 2 aromatic rings. The molecular formula is C24H30BrCl2NO5SSi. The summed E-state index contributed by atoms with van der Waals surface area (Å²) in [6.07, 6.45) is 2.22. The van der Waals surface area contributed by atoms with Gasteiger partial charge in [0.25, 0.3) is 0 Å². The lowest BCUT2D eigenvalue weighted by Gasteiger charge is -2.62. The van der Waals surface area contributed by atoms with Crippen LogP contribution in [0.4, 0.5) is 0 Å². The fourth-order valence-corrected chi connectivity index (χ4v) is 9.53. The fraction of sp³-hybridized carbons (Fsp3) is 0.500. The molecule has 192 valence electrons. The molecule has 35 heavy (non-hydrogen) atoms. The van der Waals surface area contributed by atoms with Gasteiger partial charge in [-0.3, -0.25) is 0 Å². The average Bonchev–Trinajstić information content (AvgIpc) is 2.65. The van der Waals surface area contributed by atoms with E-state index in [4.69, 9.17) is 32.7 Å². The minimum Gasteiger partial charge on any atom is -0.507 e. The number of halogens is 3. The van der Waals surface area contributed by atoms with Gasteiger partial charge in [0.05, 0.1) is 29.4 Å². The summed E-state index contributed by atoms with van der Waals surface area (Å²) >= 11 is 15.7. The lowest BCUT2D eigenvalue weighted by Crippen LogP contribution is -2.70. The number of aromatic hydroxyl groups is 1. The molecule has 0 amide bonds. The molecule has 2 aliphatic rings. The second-order valence-electron chi connectivity index (χ2n) is 11.1. The number of sulfonamides is 1. The van der Waals surface area contributed by atoms with Gasteiger partial charge in [-0.05, 0) is 48.6 Å². The molecule has 0 bridgehead atoms. The van der Waals surface area contributed by atoms with Gasteiger partial charge in [-0.2, -0.15) is 0 Å². The number of hydrogen-bond acceptors (Lipinski definition) is 5. The number of phenols is 1. The van der Waals surface area contributed by atoms with Crippen LogP contribution in [0.15, 0.2) is 39.7 Å². The molecule has 0 radical (unpaired) electrons. The van der Waals surface area contributed by atoms with E-state index in [1.807, 2.05) is 0 Å². The second kappa shape index (κ2) is 9.18. The number of ether oxygens (including phenoxy) is 2. The molecule has 11 heteroatoms. The van der Waals surface area contributed by atoms with E-state index in [9.17, 15) is 13.5 Å². The summed E-state index contributed by atoms with van der Waals surface area (Å²) in [5.74, 6) is 0.00145. The fourth-order valence-electron chi connectivity index (χ4n) is 4.50. The maximum atomic E-state index is 13.1. The molecule has 1 saturated carbocycles. The zero-order valence-corrected chi connectivity index (χ0v) is 25.2. The number of benzene rings is 2. The zero-order chi connectivity index (χ0) is 26.0. The summed E-state index contributed by atoms with van der Waals surface area (Å²) in [5, 5.41) is 11.0. The van der Waals surface area contributed by atoms with Crippen molar-refractivity contribution in [1.82, 2.24) is 4.72 Å². The van der Waals surface area contributed by atoms with E-state index in [0.29, 0.717) is 17.3 Å². The topological polar surface area (TPSA) is 84.9 Å². The Kier molecular flexibility index (Phi) is 7.14. The second-order valence-corrected chi connectivity index (χ2v) is 20.1. The van der Waals surface area contributed by atoms with Crippen molar-refractivity contribution >= 4 is 57.2 Å². The summed E-state index contributed by atoms with van der Waals surface area (Å²) in [6.45, 7) is 11.5. The van der Waals surface area contributed by atoms with Gasteiger partial charge in [0, 0.05) is 16.6 Å². The Morgan fingerprint density at radius 2 is 1.71 bits per heavy atom. The molecule has 1 saturated heterocycles. The monoisotopic (exact) mass is 621 g/mol. The predicted molar refractivity (Wildman–Crippen MR) is 145 cm³/mol. The Labute approximate surface area is 226 Å². The van der Waals surface area contributed by atoms with Crippen LogP contribution in [-0.2, 0) is 14.8 Å². The molecule has 1 unspecified atom stereocenters. The van der Waals surface area contributed by atoms with Crippen LogP contribution in [0.1, 0.15) is 40.0 Å². The summed E-state index contributed by atoms with van der Waals surface area (Å²) < 4.78 is 41.7. The van der Waals surface area contributed by atoms with Crippen LogP contribution in [0.3, 0.4) is 0 Å². The van der Waals surface area contributed by atoms with Crippen LogP contribution in [0.2, 0.25) is 28.2 Å². The van der Waals surface area contributed by atoms with Crippen molar-refractivity contribution in [2.24, 2.45) is 0 Å². The Balaban J connectivity index is 1.43. The molecule has 1 spiro atoms. The van der Waals surface area contributed by atoms with Crippen LogP contribution < -0.4 is 9.46 Å². The first kappa shape index (κ1) is 27.2. The average molecular weight is 623 g/mol. The summed E-state index contributed by atoms with van der Waals surface area (Å²) in [4.78, 5) is -0.269. The minimum atomic E-state index is -3.99. The van der Waals surface area contributed by atoms with Crippen molar-refractivity contribution in [1.29, 1.82) is 0 Å². The molecule has 2 N–H and O–H groups in total. The van der Waals surface area contributed by atoms with Gasteiger partial charge in [0.2, 0.25) is 10.0 Å². The molecule has 1 aliphatic heterocycles. The van der Waals surface area contributed by atoms with Gasteiger partial charge in [0.1, 0.15) is 16.4 Å². The van der Waals surface area contributed by atoms with E-state index in [-0.39, 0.29) is 54.6 Å². The molecule has 6 nitrogen and oxygen atoms in total. The molecule has 1 atom stereocenters. The highest BCUT2D eigenvalue weighted by Crippen LogP contribution is 2.54. The molecular weight excluding hydrogens is 593 g/mol. The third-order valence-corrected chi connectivity index (χ3v) is 16.0. The minimum absolute atomic E-state index is 0.180. The van der Waals surface area contributed by atoms with E-state index in [0.717, 1.165) is 6.42 Å². The third-order valence-electron chi connectivity index (χ3n) is 7.65. The van der Waals surface area contributed by atoms with Crippen molar-refractivity contribution in [3.8, 4) is 17.2 Å². The smallest absolute Gasteiger partial charge is 0.244 e. The van der Waals surface area contributed by atoms with Crippen molar-refractivity contribution < 1.29 is 23.0 Å². The zero-order valence-electron chi connectivity index (χ0n) is 20.3. The third kappa shape index (κ3) is 5.28. The lowest BCUT2D eigenvalue weighted by molar-refractivity contribution is -0.223. The Bertz CT molecular complexity index is 1230. The molecule has 2 fully saturated rings. The maximum Gasteiger partial charge on any atom is 0.244 e. The first-order valence-electron chi connectivity index (χ1n) is 11.4. The van der Waals surface area contributed by atoms with Gasteiger partial charge in [-0.1, -0.05) is 73.0 Å². The highest BCUT2D eigenvalue weighted by atomic mass is 79.9. The first-order valence-corrected chi connectivity index (χ1v) is 17.5. The highest BCUT2D eigenvalue weighted by molar-refractivity contribution is 9.10. The predicted octanol–water partition coefficient (Wildman–Crippen LogP) is 7.27. The largest absolute Gasteiger partial charge is 0.507 e. The quantitative estimate of drug-likeness (QED) is 0.331. The Hall–Kier alpha value is -0.813. The van der Waals surface area contributed by atoms with E-state index in [2.05, 4.69) is 54.5 Å². The van der Waals surface area contributed by atoms with Gasteiger partial charge >= 0.3 is 0 Å². The van der Waals surface area contributed by atoms with Crippen LogP contribution in [0.25, 0.3) is 0 Å². The SMILES string of the molecule is CC(C)(C)[Si](C)(C)C1CC2(CC(NS(=O)(=O)c3cc(Oc4c(Cl)cc(Br)cc4Cl)ccc3O)C2)O1. The maximum absolute atomic E-state index is 13.1. The summed E-state index contributed by atoms with van der Waals surface area (Å²) in [7, 11) is -5.59. The molecule has 2 aromatic carbocycles. The van der Waals surface area contributed by atoms with E-state index < -0.39 is 18.1 Å². The van der Waals surface area contributed by atoms with Crippen LogP contribution in [0, 0.1) is 0 Å². The highest BCUT2D eigenvalue weighted by Gasteiger charge is 2.60. The molecule has 1 aliphatic carbocycles. The number of phenolic OH excluding ortho intramolecular Hbond substituents is 1. The van der Waals surface area contributed by atoms with Gasteiger partial charge in [0.15, 0.2) is 5.75 Å². The molecule has 4 rings (SSSR count). The number of hydrogen-bond donors (Lipinski definition) is 2. The molecule has 0 aromatic heterocycles. The lowest BCUT2D eigenvalue weighted by atomic mass is 9.71. The summed E-state index contributed by atoms with van der Waals surface area (Å²) in [5.41, 5.74) is 0.0605. The van der Waals surface area contributed by atoms with Gasteiger partial charge in [-0.15, -0.1) is 0 Å². The van der Waals surface area contributed by atoms with E-state index >= 15 is 0 Å². The van der Waals surface area contributed by atoms with Crippen LogP contribution in [0.5, 0.6) is 17.2 Å². The number of rotatable bonds is 6. The number of nitrogens with one attached hydrogen (secondary N) is 1. The van der Waals surface area contributed by atoms with Gasteiger partial charge < -0.3 is 14.6 Å². The van der Waals surface area contributed by atoms with Gasteiger partial charge in [-0.25, -0.2) is 13.1 Å². The Morgan fingerprint density at radius 1 is 1.14 bits per heavy atom. The molecule has 1 heterocycles. The van der Waals surface area contributed by atoms with Crippen molar-refractivity contribution in [2.75, 3.05) is 0 Å². The van der Waals surface area contributed by atoms with Crippen molar-refractivity contribution in [2.45, 2.75) is 80.4 Å². The van der Waals surface area contributed by atoms with E-state index in [1.165, 1.54) is 18.2 Å². The Morgan fingerprint density at radius 3 is 2.26 bits per heavy atom.